The number of hydrogen-bond donors (Lipinski definition) is 3. The third-order valence-corrected chi connectivity index (χ3v) is 4.00. The van der Waals surface area contributed by atoms with Crippen molar-refractivity contribution in [2.45, 2.75) is 38.8 Å². The third kappa shape index (κ3) is 3.38. The number of carbonyl (C=O) groups is 2. The van der Waals surface area contributed by atoms with Crippen LogP contribution in [0.3, 0.4) is 0 Å². The van der Waals surface area contributed by atoms with Crippen LogP contribution in [0, 0.1) is 6.92 Å². The summed E-state index contributed by atoms with van der Waals surface area (Å²) in [5, 5.41) is 11.9. The van der Waals surface area contributed by atoms with Crippen molar-refractivity contribution >= 4 is 12.0 Å². The number of carboxylic acid groups (broad SMARTS) is 1. The molecule has 1 aliphatic rings. The lowest BCUT2D eigenvalue weighted by molar-refractivity contribution is 0.0100. The summed E-state index contributed by atoms with van der Waals surface area (Å²) >= 11 is 0. The molecule has 0 aromatic carbocycles. The number of H-pyrrole nitrogens is 1. The molecule has 1 saturated heterocycles. The fourth-order valence-corrected chi connectivity index (χ4v) is 2.68. The number of aromatic nitrogens is 2. The summed E-state index contributed by atoms with van der Waals surface area (Å²) in [5.74, 6) is -0.0107. The lowest BCUT2D eigenvalue weighted by Crippen LogP contribution is -2.55. The number of hydrogen-bond acceptors (Lipinski definition) is 4. The van der Waals surface area contributed by atoms with E-state index in [1.807, 2.05) is 13.8 Å². The van der Waals surface area contributed by atoms with E-state index in [9.17, 15) is 9.59 Å². The van der Waals surface area contributed by atoms with E-state index in [-0.39, 0.29) is 30.4 Å². The molecular formula is C14H22N4O4. The average molecular weight is 310 g/mol. The second-order valence-electron chi connectivity index (χ2n) is 5.37. The Hall–Kier alpha value is -2.09. The molecule has 0 saturated carbocycles. The second kappa shape index (κ2) is 6.78. The monoisotopic (exact) mass is 310 g/mol. The fraction of sp³-hybridized carbons (Fsp3) is 0.643. The molecule has 2 amide bonds. The zero-order valence-corrected chi connectivity index (χ0v) is 13.0. The molecule has 0 spiro atoms. The van der Waals surface area contributed by atoms with Crippen molar-refractivity contribution in [3.05, 3.63) is 17.2 Å². The van der Waals surface area contributed by atoms with Crippen LogP contribution in [0.25, 0.3) is 0 Å². The lowest BCUT2D eigenvalue weighted by Gasteiger charge is -2.36. The molecule has 122 valence electrons. The number of nitrogens with zero attached hydrogens (tertiary/aromatic N) is 2. The third-order valence-electron chi connectivity index (χ3n) is 4.00. The van der Waals surface area contributed by atoms with Gasteiger partial charge in [-0.3, -0.25) is 4.79 Å². The number of likely N-dealkylation sites (tertiary alicyclic amines) is 1. The maximum atomic E-state index is 12.3. The van der Waals surface area contributed by atoms with Crippen molar-refractivity contribution in [3.63, 3.8) is 0 Å². The maximum Gasteiger partial charge on any atom is 0.407 e. The quantitative estimate of drug-likeness (QED) is 0.761. The Balaban J connectivity index is 2.02. The number of rotatable bonds is 4. The van der Waals surface area contributed by atoms with Crippen molar-refractivity contribution < 1.29 is 19.4 Å². The van der Waals surface area contributed by atoms with Crippen LogP contribution in [0.1, 0.15) is 35.4 Å². The second-order valence-corrected chi connectivity index (χ2v) is 5.37. The first-order chi connectivity index (χ1) is 10.5. The first-order valence-corrected chi connectivity index (χ1v) is 7.33. The molecule has 2 rings (SSSR count). The summed E-state index contributed by atoms with van der Waals surface area (Å²) in [6.07, 6.45) is -0.0442. The highest BCUT2D eigenvalue weighted by Crippen LogP contribution is 2.15. The zero-order chi connectivity index (χ0) is 16.3. The average Bonchev–Trinajstić information content (AvgIpc) is 2.88. The first-order valence-electron chi connectivity index (χ1n) is 7.33. The molecule has 8 nitrogen and oxygen atoms in total. The molecule has 22 heavy (non-hydrogen) atoms. The Morgan fingerprint density at radius 2 is 2.27 bits per heavy atom. The highest BCUT2D eigenvalue weighted by molar-refractivity contribution is 5.91. The van der Waals surface area contributed by atoms with E-state index in [0.29, 0.717) is 13.0 Å². The number of amides is 2. The zero-order valence-electron chi connectivity index (χ0n) is 13.0. The number of nitrogens with one attached hydrogen (secondary N) is 2. The summed E-state index contributed by atoms with van der Waals surface area (Å²) in [6.45, 7) is 4.46. The van der Waals surface area contributed by atoms with Crippen LogP contribution in [0.2, 0.25) is 0 Å². The first kappa shape index (κ1) is 16.3. The Bertz CT molecular complexity index is 557. The van der Waals surface area contributed by atoms with E-state index in [4.69, 9.17) is 9.84 Å². The highest BCUT2D eigenvalue weighted by atomic mass is 16.5. The van der Waals surface area contributed by atoms with Crippen molar-refractivity contribution in [1.29, 1.82) is 0 Å². The molecule has 1 aliphatic heterocycles. The van der Waals surface area contributed by atoms with E-state index in [0.717, 1.165) is 17.8 Å². The number of methoxy groups -OCH3 is 1. The van der Waals surface area contributed by atoms with Crippen molar-refractivity contribution in [3.8, 4) is 0 Å². The lowest BCUT2D eigenvalue weighted by atomic mass is 10.0. The van der Waals surface area contributed by atoms with Gasteiger partial charge in [0.15, 0.2) is 5.82 Å². The van der Waals surface area contributed by atoms with Gasteiger partial charge in [0.25, 0.3) is 5.91 Å². The normalized spacial score (nSPS) is 21.7. The van der Waals surface area contributed by atoms with Crippen LogP contribution in [0.4, 0.5) is 4.79 Å². The molecule has 2 atom stereocenters. The minimum Gasteiger partial charge on any atom is -0.465 e. The van der Waals surface area contributed by atoms with Gasteiger partial charge in [0, 0.05) is 19.3 Å². The van der Waals surface area contributed by atoms with Gasteiger partial charge in [-0.2, -0.15) is 0 Å². The molecule has 3 N–H and O–H groups in total. The van der Waals surface area contributed by atoms with E-state index in [1.54, 1.807) is 0 Å². The van der Waals surface area contributed by atoms with Crippen LogP contribution in [0.15, 0.2) is 0 Å². The standard InChI is InChI=1S/C14H22N4O4/c1-4-9-8(2)15-12(16-9)13(19)17-10-5-6-18(14(20)21)7-11(10)22-3/h10-11H,4-7H2,1-3H3,(H,15,16)(H,17,19)(H,20,21). The number of carbonyl (C=O) groups excluding carboxylic acids is 1. The van der Waals surface area contributed by atoms with Crippen molar-refractivity contribution in [2.24, 2.45) is 0 Å². The van der Waals surface area contributed by atoms with Gasteiger partial charge in [0.05, 0.1) is 24.4 Å². The summed E-state index contributed by atoms with van der Waals surface area (Å²) in [7, 11) is 1.52. The Morgan fingerprint density at radius 1 is 1.55 bits per heavy atom. The van der Waals surface area contributed by atoms with Gasteiger partial charge < -0.3 is 25.0 Å². The fourth-order valence-electron chi connectivity index (χ4n) is 2.68. The number of aryl methyl sites for hydroxylation is 2. The molecule has 0 aliphatic carbocycles. The van der Waals surface area contributed by atoms with Gasteiger partial charge in [-0.05, 0) is 19.8 Å². The van der Waals surface area contributed by atoms with Gasteiger partial charge in [-0.1, -0.05) is 6.92 Å². The Kier molecular flexibility index (Phi) is 5.02. The summed E-state index contributed by atoms with van der Waals surface area (Å²) in [4.78, 5) is 31.8. The number of ether oxygens (including phenoxy) is 1. The topological polar surface area (TPSA) is 108 Å². The Labute approximate surface area is 128 Å². The molecule has 2 heterocycles. The molecule has 8 heteroatoms. The number of aromatic amines is 1. The maximum absolute atomic E-state index is 12.3. The summed E-state index contributed by atoms with van der Waals surface area (Å²) < 4.78 is 5.32. The highest BCUT2D eigenvalue weighted by Gasteiger charge is 2.33. The number of piperidine rings is 1. The van der Waals surface area contributed by atoms with Crippen LogP contribution in [-0.4, -0.2) is 64.3 Å². The Morgan fingerprint density at radius 3 is 2.82 bits per heavy atom. The molecule has 1 aromatic heterocycles. The van der Waals surface area contributed by atoms with Gasteiger partial charge in [0.1, 0.15) is 0 Å². The SMILES string of the molecule is CCc1[nH]c(C(=O)NC2CCN(C(=O)O)CC2OC)nc1C. The minimum atomic E-state index is -0.971. The summed E-state index contributed by atoms with van der Waals surface area (Å²) in [6, 6.07) is -0.233. The van der Waals surface area contributed by atoms with Crippen LogP contribution in [0.5, 0.6) is 0 Å². The predicted molar refractivity (Wildman–Crippen MR) is 79.0 cm³/mol. The molecule has 0 bridgehead atoms. The van der Waals surface area contributed by atoms with E-state index in [1.165, 1.54) is 12.0 Å². The van der Waals surface area contributed by atoms with Gasteiger partial charge in [-0.15, -0.1) is 0 Å². The molecule has 2 unspecified atom stereocenters. The van der Waals surface area contributed by atoms with E-state index >= 15 is 0 Å². The molecule has 0 radical (unpaired) electrons. The van der Waals surface area contributed by atoms with Gasteiger partial charge in [0.2, 0.25) is 0 Å². The minimum absolute atomic E-state index is 0.233. The predicted octanol–water partition coefficient (Wildman–Crippen LogP) is 0.778. The van der Waals surface area contributed by atoms with E-state index < -0.39 is 6.09 Å². The van der Waals surface area contributed by atoms with Crippen LogP contribution >= 0.6 is 0 Å². The van der Waals surface area contributed by atoms with Crippen molar-refractivity contribution in [2.75, 3.05) is 20.2 Å². The molecular weight excluding hydrogens is 288 g/mol. The molecule has 1 aromatic rings. The number of imidazole rings is 1. The van der Waals surface area contributed by atoms with E-state index in [2.05, 4.69) is 15.3 Å². The molecule has 1 fully saturated rings. The largest absolute Gasteiger partial charge is 0.465 e. The van der Waals surface area contributed by atoms with Crippen LogP contribution < -0.4 is 5.32 Å². The smallest absolute Gasteiger partial charge is 0.407 e. The summed E-state index contributed by atoms with van der Waals surface area (Å²) in [5.41, 5.74) is 1.76. The van der Waals surface area contributed by atoms with Gasteiger partial charge >= 0.3 is 6.09 Å². The van der Waals surface area contributed by atoms with Crippen LogP contribution in [-0.2, 0) is 11.2 Å². The van der Waals surface area contributed by atoms with Crippen molar-refractivity contribution in [1.82, 2.24) is 20.2 Å². The van der Waals surface area contributed by atoms with Gasteiger partial charge in [-0.25, -0.2) is 9.78 Å².